The Morgan fingerprint density at radius 2 is 2.04 bits per heavy atom. The summed E-state index contributed by atoms with van der Waals surface area (Å²) in [5.74, 6) is 0.735. The van der Waals surface area contributed by atoms with E-state index in [0.717, 1.165) is 44.0 Å². The Morgan fingerprint density at radius 3 is 2.85 bits per heavy atom. The van der Waals surface area contributed by atoms with Gasteiger partial charge in [0.25, 0.3) is 11.7 Å². The summed E-state index contributed by atoms with van der Waals surface area (Å²) >= 11 is 0. The topological polar surface area (TPSA) is 79.5 Å². The average molecular weight is 365 g/mol. The second kappa shape index (κ2) is 7.40. The van der Waals surface area contributed by atoms with Gasteiger partial charge in [0.1, 0.15) is 0 Å². The standard InChI is InChI=1S/C19H23N7O/c1-14-11-15(2)26-17(22-23-19(26)21-14)18(27)25-8-4-7-24(9-10-25)13-16-5-3-6-20-12-16/h3,5-6,11-12H,4,7-10,13H2,1-2H3. The molecule has 1 aliphatic heterocycles. The van der Waals surface area contributed by atoms with E-state index in [-0.39, 0.29) is 5.91 Å². The maximum Gasteiger partial charge on any atom is 0.292 e. The van der Waals surface area contributed by atoms with Crippen LogP contribution in [0.1, 0.15) is 34.0 Å². The molecule has 4 heterocycles. The van der Waals surface area contributed by atoms with Gasteiger partial charge in [-0.05, 0) is 38.0 Å². The van der Waals surface area contributed by atoms with Crippen LogP contribution >= 0.6 is 0 Å². The summed E-state index contributed by atoms with van der Waals surface area (Å²) in [6, 6.07) is 5.98. The van der Waals surface area contributed by atoms with Gasteiger partial charge >= 0.3 is 0 Å². The van der Waals surface area contributed by atoms with Crippen molar-refractivity contribution in [1.82, 2.24) is 34.4 Å². The minimum atomic E-state index is -0.0838. The fraction of sp³-hybridized carbons (Fsp3) is 0.421. The zero-order valence-electron chi connectivity index (χ0n) is 15.7. The zero-order chi connectivity index (χ0) is 18.8. The highest BCUT2D eigenvalue weighted by Crippen LogP contribution is 2.13. The van der Waals surface area contributed by atoms with Crippen LogP contribution in [0.4, 0.5) is 0 Å². The number of aromatic nitrogens is 5. The van der Waals surface area contributed by atoms with Crippen molar-refractivity contribution in [3.63, 3.8) is 0 Å². The van der Waals surface area contributed by atoms with Crippen LogP contribution < -0.4 is 0 Å². The Morgan fingerprint density at radius 1 is 1.15 bits per heavy atom. The Hall–Kier alpha value is -2.87. The first-order valence-corrected chi connectivity index (χ1v) is 9.22. The first-order valence-electron chi connectivity index (χ1n) is 9.22. The number of hydrogen-bond acceptors (Lipinski definition) is 6. The number of aryl methyl sites for hydroxylation is 2. The van der Waals surface area contributed by atoms with Crippen molar-refractivity contribution in [2.75, 3.05) is 26.2 Å². The summed E-state index contributed by atoms with van der Waals surface area (Å²) in [6.45, 7) is 7.88. The van der Waals surface area contributed by atoms with Crippen LogP contribution in [0.15, 0.2) is 30.6 Å². The molecule has 1 amide bonds. The van der Waals surface area contributed by atoms with Crippen molar-refractivity contribution in [2.24, 2.45) is 0 Å². The lowest BCUT2D eigenvalue weighted by atomic mass is 10.2. The molecule has 0 N–H and O–H groups in total. The van der Waals surface area contributed by atoms with Gasteiger partial charge in [-0.25, -0.2) is 4.98 Å². The number of rotatable bonds is 3. The summed E-state index contributed by atoms with van der Waals surface area (Å²) < 4.78 is 1.74. The first kappa shape index (κ1) is 17.5. The number of fused-ring (bicyclic) bond motifs is 1. The van der Waals surface area contributed by atoms with Gasteiger partial charge in [0.2, 0.25) is 5.82 Å². The molecule has 4 rings (SSSR count). The van der Waals surface area contributed by atoms with E-state index in [9.17, 15) is 4.79 Å². The minimum absolute atomic E-state index is 0.0838. The summed E-state index contributed by atoms with van der Waals surface area (Å²) in [6.07, 6.45) is 4.61. The van der Waals surface area contributed by atoms with Crippen molar-refractivity contribution in [3.8, 4) is 0 Å². The van der Waals surface area contributed by atoms with Gasteiger partial charge in [-0.2, -0.15) is 0 Å². The van der Waals surface area contributed by atoms with Gasteiger partial charge in [0, 0.05) is 56.5 Å². The van der Waals surface area contributed by atoms with Crippen LogP contribution in [0.5, 0.6) is 0 Å². The maximum absolute atomic E-state index is 13.1. The lowest BCUT2D eigenvalue weighted by Gasteiger charge is -2.21. The van der Waals surface area contributed by atoms with Crippen molar-refractivity contribution in [2.45, 2.75) is 26.8 Å². The number of amides is 1. The van der Waals surface area contributed by atoms with Crippen LogP contribution in [-0.4, -0.2) is 66.5 Å². The zero-order valence-corrected chi connectivity index (χ0v) is 15.7. The fourth-order valence-corrected chi connectivity index (χ4v) is 3.59. The third kappa shape index (κ3) is 3.66. The number of carbonyl (C=O) groups is 1. The van der Waals surface area contributed by atoms with Crippen molar-refractivity contribution >= 4 is 11.7 Å². The molecule has 1 saturated heterocycles. The molecule has 1 aliphatic rings. The van der Waals surface area contributed by atoms with Gasteiger partial charge in [-0.15, -0.1) is 10.2 Å². The predicted molar refractivity (Wildman–Crippen MR) is 100 cm³/mol. The molecule has 0 atom stereocenters. The smallest absolute Gasteiger partial charge is 0.292 e. The van der Waals surface area contributed by atoms with E-state index in [1.165, 1.54) is 5.56 Å². The summed E-state index contributed by atoms with van der Waals surface area (Å²) in [4.78, 5) is 25.9. The van der Waals surface area contributed by atoms with Crippen LogP contribution in [0.25, 0.3) is 5.78 Å². The third-order valence-electron chi connectivity index (χ3n) is 4.89. The van der Waals surface area contributed by atoms with Crippen molar-refractivity contribution < 1.29 is 4.79 Å². The lowest BCUT2D eigenvalue weighted by Crippen LogP contribution is -2.36. The number of nitrogens with zero attached hydrogens (tertiary/aromatic N) is 7. The minimum Gasteiger partial charge on any atom is -0.335 e. The van der Waals surface area contributed by atoms with E-state index in [0.29, 0.717) is 18.1 Å². The monoisotopic (exact) mass is 365 g/mol. The number of carbonyl (C=O) groups excluding carboxylic acids is 1. The van der Waals surface area contributed by atoms with Crippen LogP contribution in [0, 0.1) is 13.8 Å². The van der Waals surface area contributed by atoms with Gasteiger partial charge in [-0.1, -0.05) is 6.07 Å². The van der Waals surface area contributed by atoms with E-state index >= 15 is 0 Å². The molecule has 0 radical (unpaired) electrons. The van der Waals surface area contributed by atoms with Gasteiger partial charge in [0.05, 0.1) is 0 Å². The Bertz CT molecular complexity index is 953. The number of pyridine rings is 1. The second-order valence-corrected chi connectivity index (χ2v) is 6.98. The lowest BCUT2D eigenvalue weighted by molar-refractivity contribution is 0.0747. The van der Waals surface area contributed by atoms with E-state index in [2.05, 4.69) is 31.1 Å². The van der Waals surface area contributed by atoms with Gasteiger partial charge in [-0.3, -0.25) is 19.1 Å². The highest BCUT2D eigenvalue weighted by atomic mass is 16.2. The Balaban J connectivity index is 1.49. The first-order chi connectivity index (χ1) is 13.1. The summed E-state index contributed by atoms with van der Waals surface area (Å²) in [5, 5.41) is 8.21. The summed E-state index contributed by atoms with van der Waals surface area (Å²) in [7, 11) is 0. The van der Waals surface area contributed by atoms with Gasteiger partial charge < -0.3 is 4.90 Å². The molecule has 0 bridgehead atoms. The van der Waals surface area contributed by atoms with Crippen LogP contribution in [0.3, 0.4) is 0 Å². The van der Waals surface area contributed by atoms with E-state index in [1.807, 2.05) is 37.1 Å². The highest BCUT2D eigenvalue weighted by molar-refractivity contribution is 5.91. The van der Waals surface area contributed by atoms with Gasteiger partial charge in [0.15, 0.2) is 0 Å². The molecule has 8 heteroatoms. The Labute approximate surface area is 157 Å². The molecule has 0 spiro atoms. The normalized spacial score (nSPS) is 15.9. The van der Waals surface area contributed by atoms with Crippen molar-refractivity contribution in [1.29, 1.82) is 0 Å². The molecule has 0 aliphatic carbocycles. The molecule has 0 saturated carbocycles. The molecule has 1 fully saturated rings. The molecule has 3 aromatic heterocycles. The summed E-state index contributed by atoms with van der Waals surface area (Å²) in [5.41, 5.74) is 2.98. The molecule has 0 aromatic carbocycles. The third-order valence-corrected chi connectivity index (χ3v) is 4.89. The predicted octanol–water partition coefficient (Wildman–Crippen LogP) is 1.48. The molecule has 8 nitrogen and oxygen atoms in total. The van der Waals surface area contributed by atoms with Crippen LogP contribution in [-0.2, 0) is 6.54 Å². The largest absolute Gasteiger partial charge is 0.335 e. The highest BCUT2D eigenvalue weighted by Gasteiger charge is 2.25. The molecule has 27 heavy (non-hydrogen) atoms. The quantitative estimate of drug-likeness (QED) is 0.700. The van der Waals surface area contributed by atoms with Crippen LogP contribution in [0.2, 0.25) is 0 Å². The SMILES string of the molecule is Cc1cc(C)n2c(C(=O)N3CCCN(Cc4cccnc4)CC3)nnc2n1. The molecule has 0 unspecified atom stereocenters. The molecule has 140 valence electrons. The maximum atomic E-state index is 13.1. The second-order valence-electron chi connectivity index (χ2n) is 6.98. The molecular weight excluding hydrogens is 342 g/mol. The van der Waals surface area contributed by atoms with E-state index in [1.54, 1.807) is 10.6 Å². The van der Waals surface area contributed by atoms with E-state index in [4.69, 9.17) is 0 Å². The fourth-order valence-electron chi connectivity index (χ4n) is 3.59. The Kier molecular flexibility index (Phi) is 4.81. The van der Waals surface area contributed by atoms with E-state index < -0.39 is 0 Å². The molecule has 3 aromatic rings. The molecular formula is C19H23N7O. The average Bonchev–Trinajstić information content (AvgIpc) is 2.94. The number of hydrogen-bond donors (Lipinski definition) is 0. The van der Waals surface area contributed by atoms with Crippen molar-refractivity contribution in [3.05, 3.63) is 53.4 Å².